The van der Waals surface area contributed by atoms with Crippen LogP contribution in [0.25, 0.3) is 5.82 Å². The van der Waals surface area contributed by atoms with Crippen LogP contribution < -0.4 is 21.9 Å². The number of pyridine rings is 1. The van der Waals surface area contributed by atoms with Crippen molar-refractivity contribution in [2.75, 3.05) is 57.5 Å². The summed E-state index contributed by atoms with van der Waals surface area (Å²) in [6.07, 6.45) is 1.80. The summed E-state index contributed by atoms with van der Waals surface area (Å²) in [4.78, 5) is 35.9. The number of morpholine rings is 1. The molecule has 0 unspecified atom stereocenters. The molecule has 4 N–H and O–H groups in total. The van der Waals surface area contributed by atoms with Crippen molar-refractivity contribution in [3.05, 3.63) is 39.6 Å². The van der Waals surface area contributed by atoms with E-state index in [0.717, 1.165) is 38.4 Å². The monoisotopic (exact) mass is 415 g/mol. The summed E-state index contributed by atoms with van der Waals surface area (Å²) in [5.74, 6) is 0.465. The third-order valence-corrected chi connectivity index (χ3v) is 5.13. The van der Waals surface area contributed by atoms with E-state index < -0.39 is 0 Å². The average molecular weight is 415 g/mol. The maximum absolute atomic E-state index is 13.1. The molecule has 0 bridgehead atoms. The van der Waals surface area contributed by atoms with Gasteiger partial charge >= 0.3 is 0 Å². The van der Waals surface area contributed by atoms with E-state index in [9.17, 15) is 9.59 Å². The largest absolute Gasteiger partial charge is 0.396 e. The van der Waals surface area contributed by atoms with Crippen molar-refractivity contribution in [3.8, 4) is 5.82 Å². The van der Waals surface area contributed by atoms with E-state index in [-0.39, 0.29) is 23.7 Å². The van der Waals surface area contributed by atoms with Gasteiger partial charge in [0.15, 0.2) is 11.6 Å². The maximum atomic E-state index is 13.1. The Morgan fingerprint density at radius 2 is 2.03 bits per heavy atom. The summed E-state index contributed by atoms with van der Waals surface area (Å²) >= 11 is 0. The number of carbonyl (C=O) groups excluding carboxylic acids is 1. The van der Waals surface area contributed by atoms with Crippen LogP contribution in [-0.2, 0) is 16.0 Å². The second-order valence-electron chi connectivity index (χ2n) is 7.27. The molecule has 2 aromatic heterocycles. The van der Waals surface area contributed by atoms with Crippen molar-refractivity contribution in [2.24, 2.45) is 0 Å². The number of amides is 1. The average Bonchev–Trinajstić information content (AvgIpc) is 2.73. The number of aromatic nitrogens is 3. The molecule has 2 aromatic rings. The molecule has 10 heteroatoms. The van der Waals surface area contributed by atoms with Gasteiger partial charge in [-0.1, -0.05) is 0 Å². The molecular weight excluding hydrogens is 386 g/mol. The third kappa shape index (κ3) is 4.95. The number of aryl methyl sites for hydroxylation is 2. The number of rotatable bonds is 7. The molecule has 3 rings (SSSR count). The number of anilines is 2. The van der Waals surface area contributed by atoms with Crippen LogP contribution in [0.1, 0.15) is 17.0 Å². The molecular formula is C20H29N7O3. The summed E-state index contributed by atoms with van der Waals surface area (Å²) in [7, 11) is 1.58. The standard InChI is InChI=1S/C20H29N7O3/c1-13-12-24-18(23-4-5-26-6-8-30-9-7-26)20(29)27(13)19-16(21)10-15(14(2)25-19)11-17(28)22-3/h10,12H,4-9,11,21H2,1-3H3,(H,22,28)(H,23,24). The molecule has 0 radical (unpaired) electrons. The number of ether oxygens (including phenoxy) is 1. The molecule has 0 aliphatic carbocycles. The first-order valence-electron chi connectivity index (χ1n) is 10.00. The smallest absolute Gasteiger partial charge is 0.299 e. The Bertz CT molecular complexity index is 968. The fraction of sp³-hybridized carbons (Fsp3) is 0.500. The van der Waals surface area contributed by atoms with E-state index in [1.807, 2.05) is 0 Å². The third-order valence-electron chi connectivity index (χ3n) is 5.13. The second kappa shape index (κ2) is 9.68. The highest BCUT2D eigenvalue weighted by molar-refractivity contribution is 5.79. The maximum Gasteiger partial charge on any atom is 0.299 e. The summed E-state index contributed by atoms with van der Waals surface area (Å²) < 4.78 is 6.80. The van der Waals surface area contributed by atoms with Crippen molar-refractivity contribution < 1.29 is 9.53 Å². The Kier molecular flexibility index (Phi) is 7.01. The predicted molar refractivity (Wildman–Crippen MR) is 115 cm³/mol. The van der Waals surface area contributed by atoms with Crippen molar-refractivity contribution in [1.82, 2.24) is 24.8 Å². The van der Waals surface area contributed by atoms with Crippen molar-refractivity contribution >= 4 is 17.4 Å². The predicted octanol–water partition coefficient (Wildman–Crippen LogP) is -0.141. The molecule has 1 saturated heterocycles. The van der Waals surface area contributed by atoms with E-state index in [0.29, 0.717) is 29.4 Å². The van der Waals surface area contributed by atoms with Crippen LogP contribution >= 0.6 is 0 Å². The van der Waals surface area contributed by atoms with E-state index in [1.165, 1.54) is 4.57 Å². The molecule has 0 saturated carbocycles. The SMILES string of the molecule is CNC(=O)Cc1cc(N)c(-n2c(C)cnc(NCCN3CCOCC3)c2=O)nc1C. The summed E-state index contributed by atoms with van der Waals surface area (Å²) in [5, 5.41) is 5.71. The van der Waals surface area contributed by atoms with Gasteiger partial charge in [0.05, 0.1) is 25.3 Å². The molecule has 3 heterocycles. The lowest BCUT2D eigenvalue weighted by molar-refractivity contribution is -0.119. The molecule has 0 spiro atoms. The lowest BCUT2D eigenvalue weighted by Crippen LogP contribution is -2.39. The second-order valence-corrected chi connectivity index (χ2v) is 7.27. The normalized spacial score (nSPS) is 14.5. The highest BCUT2D eigenvalue weighted by Crippen LogP contribution is 2.20. The number of likely N-dealkylation sites (N-methyl/N-ethyl adjacent to an activating group) is 1. The molecule has 0 atom stereocenters. The van der Waals surface area contributed by atoms with Crippen LogP contribution in [0, 0.1) is 13.8 Å². The lowest BCUT2D eigenvalue weighted by atomic mass is 10.1. The number of carbonyl (C=O) groups is 1. The number of nitrogens with zero attached hydrogens (tertiary/aromatic N) is 4. The van der Waals surface area contributed by atoms with Crippen LogP contribution in [0.15, 0.2) is 17.1 Å². The van der Waals surface area contributed by atoms with E-state index >= 15 is 0 Å². The minimum atomic E-state index is -0.311. The Balaban J connectivity index is 1.83. The van der Waals surface area contributed by atoms with Crippen LogP contribution in [0.5, 0.6) is 0 Å². The topological polar surface area (TPSA) is 127 Å². The Morgan fingerprint density at radius 3 is 2.73 bits per heavy atom. The van der Waals surface area contributed by atoms with Crippen molar-refractivity contribution in [3.63, 3.8) is 0 Å². The van der Waals surface area contributed by atoms with Gasteiger partial charge in [-0.05, 0) is 25.5 Å². The van der Waals surface area contributed by atoms with Gasteiger partial charge in [-0.25, -0.2) is 9.97 Å². The highest BCUT2D eigenvalue weighted by Gasteiger charge is 2.17. The zero-order valence-corrected chi connectivity index (χ0v) is 17.7. The fourth-order valence-corrected chi connectivity index (χ4v) is 3.35. The molecule has 1 amide bonds. The van der Waals surface area contributed by atoms with Gasteiger partial charge in [-0.3, -0.25) is 19.1 Å². The summed E-state index contributed by atoms with van der Waals surface area (Å²) in [6.45, 7) is 8.20. The Hall–Kier alpha value is -2.98. The first-order valence-corrected chi connectivity index (χ1v) is 10.00. The zero-order chi connectivity index (χ0) is 21.7. The highest BCUT2D eigenvalue weighted by atomic mass is 16.5. The quantitative estimate of drug-likeness (QED) is 0.570. The fourth-order valence-electron chi connectivity index (χ4n) is 3.35. The van der Waals surface area contributed by atoms with Crippen molar-refractivity contribution in [1.29, 1.82) is 0 Å². The number of hydrogen-bond acceptors (Lipinski definition) is 8. The molecule has 1 aliphatic rings. The van der Waals surface area contributed by atoms with E-state index in [4.69, 9.17) is 10.5 Å². The number of nitrogens with two attached hydrogens (primary N) is 1. The lowest BCUT2D eigenvalue weighted by Gasteiger charge is -2.26. The first-order chi connectivity index (χ1) is 14.4. The number of nitrogen functional groups attached to an aromatic ring is 1. The number of nitrogens with one attached hydrogen (secondary N) is 2. The first kappa shape index (κ1) is 21.7. The van der Waals surface area contributed by atoms with Gasteiger partial charge in [-0.15, -0.1) is 0 Å². The van der Waals surface area contributed by atoms with Gasteiger partial charge in [0.25, 0.3) is 5.56 Å². The molecule has 10 nitrogen and oxygen atoms in total. The van der Waals surface area contributed by atoms with E-state index in [1.54, 1.807) is 33.2 Å². The van der Waals surface area contributed by atoms with Crippen LogP contribution in [0.3, 0.4) is 0 Å². The van der Waals surface area contributed by atoms with Gasteiger partial charge in [0.1, 0.15) is 0 Å². The summed E-state index contributed by atoms with van der Waals surface area (Å²) in [5.41, 5.74) is 8.22. The number of hydrogen-bond donors (Lipinski definition) is 3. The minimum absolute atomic E-state index is 0.129. The Morgan fingerprint density at radius 1 is 1.30 bits per heavy atom. The van der Waals surface area contributed by atoms with Crippen molar-refractivity contribution in [2.45, 2.75) is 20.3 Å². The van der Waals surface area contributed by atoms with Crippen LogP contribution in [0.2, 0.25) is 0 Å². The molecule has 1 fully saturated rings. The van der Waals surface area contributed by atoms with Crippen LogP contribution in [0.4, 0.5) is 11.5 Å². The zero-order valence-electron chi connectivity index (χ0n) is 17.7. The van der Waals surface area contributed by atoms with Gasteiger partial charge in [-0.2, -0.15) is 0 Å². The van der Waals surface area contributed by atoms with Gasteiger partial charge in [0, 0.05) is 50.8 Å². The van der Waals surface area contributed by atoms with E-state index in [2.05, 4.69) is 25.5 Å². The molecule has 1 aliphatic heterocycles. The summed E-state index contributed by atoms with van der Waals surface area (Å²) in [6, 6.07) is 1.70. The molecule has 30 heavy (non-hydrogen) atoms. The van der Waals surface area contributed by atoms with Gasteiger partial charge < -0.3 is 21.1 Å². The minimum Gasteiger partial charge on any atom is -0.396 e. The van der Waals surface area contributed by atoms with Crippen LogP contribution in [-0.4, -0.2) is 71.8 Å². The molecule has 0 aromatic carbocycles. The van der Waals surface area contributed by atoms with Gasteiger partial charge in [0.2, 0.25) is 5.91 Å². The Labute approximate surface area is 175 Å². The molecule has 162 valence electrons.